The monoisotopic (exact) mass is 330 g/mol. The molecule has 1 aromatic heterocycles. The molecular weight excluding hydrogens is 312 g/mol. The van der Waals surface area contributed by atoms with Gasteiger partial charge in [-0.25, -0.2) is 4.98 Å². The van der Waals surface area contributed by atoms with E-state index in [-0.39, 0.29) is 0 Å². The van der Waals surface area contributed by atoms with Crippen LogP contribution in [0.4, 0.5) is 0 Å². The van der Waals surface area contributed by atoms with Crippen LogP contribution in [0.1, 0.15) is 25.6 Å². The third-order valence-corrected chi connectivity index (χ3v) is 5.31. The van der Waals surface area contributed by atoms with Crippen molar-refractivity contribution in [1.82, 2.24) is 4.98 Å². The van der Waals surface area contributed by atoms with Crippen LogP contribution in [0.5, 0.6) is 0 Å². The molecule has 2 aromatic rings. The van der Waals surface area contributed by atoms with Crippen molar-refractivity contribution < 1.29 is 5.11 Å². The number of thioether (sulfide) groups is 2. The van der Waals surface area contributed by atoms with Gasteiger partial charge in [0.2, 0.25) is 0 Å². The number of para-hydroxylation sites is 1. The predicted molar refractivity (Wildman–Crippen MR) is 95.6 cm³/mol. The molecule has 0 amide bonds. The van der Waals surface area contributed by atoms with Gasteiger partial charge in [0, 0.05) is 5.39 Å². The molecule has 0 radical (unpaired) electrons. The lowest BCUT2D eigenvalue weighted by molar-refractivity contribution is 0.216. The second-order valence-electron chi connectivity index (χ2n) is 4.51. The summed E-state index contributed by atoms with van der Waals surface area (Å²) in [4.78, 5) is 4.49. The zero-order chi connectivity index (χ0) is 15.9. The fourth-order valence-electron chi connectivity index (χ4n) is 2.06. The lowest BCUT2D eigenvalue weighted by Crippen LogP contribution is -2.04. The smallest absolute Gasteiger partial charge is 0.132 e. The van der Waals surface area contributed by atoms with E-state index < -0.39 is 6.10 Å². The number of fused-ring (bicyclic) bond motifs is 1. The van der Waals surface area contributed by atoms with Crippen molar-refractivity contribution in [1.29, 1.82) is 5.26 Å². The summed E-state index contributed by atoms with van der Waals surface area (Å²) in [6.45, 7) is 4.08. The molecule has 114 valence electrons. The lowest BCUT2D eigenvalue weighted by atomic mass is 10.1. The van der Waals surface area contributed by atoms with Gasteiger partial charge in [-0.1, -0.05) is 38.1 Å². The molecule has 0 aliphatic rings. The molecule has 0 saturated carbocycles. The predicted octanol–water partition coefficient (Wildman–Crippen LogP) is 4.51. The number of aromatic nitrogens is 1. The number of nitriles is 1. The SMILES string of the molecule is CCSC(SCC)=C(C#N)C(O)c1ccc2ccccc2n1. The molecule has 1 atom stereocenters. The quantitative estimate of drug-likeness (QED) is 0.790. The Balaban J connectivity index is 2.43. The summed E-state index contributed by atoms with van der Waals surface area (Å²) in [5.74, 6) is 1.73. The molecular formula is C17H18N2OS2. The molecule has 3 nitrogen and oxygen atoms in total. The van der Waals surface area contributed by atoms with Crippen molar-refractivity contribution in [2.75, 3.05) is 11.5 Å². The second-order valence-corrected chi connectivity index (χ2v) is 7.32. The Morgan fingerprint density at radius 2 is 1.86 bits per heavy atom. The van der Waals surface area contributed by atoms with E-state index in [4.69, 9.17) is 0 Å². The highest BCUT2D eigenvalue weighted by atomic mass is 32.2. The molecule has 1 N–H and O–H groups in total. The van der Waals surface area contributed by atoms with Crippen LogP contribution in [-0.4, -0.2) is 21.6 Å². The average Bonchev–Trinajstić information content (AvgIpc) is 2.55. The molecule has 2 rings (SSSR count). The van der Waals surface area contributed by atoms with Crippen molar-refractivity contribution >= 4 is 34.4 Å². The first-order valence-corrected chi connectivity index (χ1v) is 9.12. The van der Waals surface area contributed by atoms with E-state index in [2.05, 4.69) is 11.1 Å². The van der Waals surface area contributed by atoms with Crippen LogP contribution in [0, 0.1) is 11.3 Å². The standard InChI is InChI=1S/C17H18N2OS2/c1-3-21-17(22-4-2)13(11-18)16(20)15-10-9-12-7-5-6-8-14(12)19-15/h5-10,16,20H,3-4H2,1-2H3. The zero-order valence-electron chi connectivity index (χ0n) is 12.6. The molecule has 1 heterocycles. The van der Waals surface area contributed by atoms with Crippen LogP contribution in [0.15, 0.2) is 46.2 Å². The average molecular weight is 330 g/mol. The Bertz CT molecular complexity index is 714. The van der Waals surface area contributed by atoms with E-state index in [1.807, 2.05) is 44.2 Å². The fraction of sp³-hybridized carbons (Fsp3) is 0.294. The van der Waals surface area contributed by atoms with Gasteiger partial charge in [0.15, 0.2) is 0 Å². The minimum absolute atomic E-state index is 0.390. The van der Waals surface area contributed by atoms with E-state index >= 15 is 0 Å². The van der Waals surface area contributed by atoms with Gasteiger partial charge in [-0.2, -0.15) is 5.26 Å². The van der Waals surface area contributed by atoms with Gasteiger partial charge >= 0.3 is 0 Å². The first-order chi connectivity index (χ1) is 10.7. The molecule has 0 aliphatic heterocycles. The fourth-order valence-corrected chi connectivity index (χ4v) is 4.25. The minimum atomic E-state index is -0.984. The van der Waals surface area contributed by atoms with E-state index in [1.54, 1.807) is 29.6 Å². The largest absolute Gasteiger partial charge is 0.381 e. The van der Waals surface area contributed by atoms with E-state index in [0.29, 0.717) is 11.3 Å². The molecule has 5 heteroatoms. The number of benzene rings is 1. The normalized spacial score (nSPS) is 11.9. The van der Waals surface area contributed by atoms with Gasteiger partial charge in [-0.3, -0.25) is 0 Å². The maximum Gasteiger partial charge on any atom is 0.132 e. The van der Waals surface area contributed by atoms with Crippen molar-refractivity contribution in [3.63, 3.8) is 0 Å². The number of nitrogens with zero attached hydrogens (tertiary/aromatic N) is 2. The number of hydrogen-bond acceptors (Lipinski definition) is 5. The highest BCUT2D eigenvalue weighted by Gasteiger charge is 2.20. The summed E-state index contributed by atoms with van der Waals surface area (Å²) in [6, 6.07) is 13.6. The molecule has 0 aliphatic carbocycles. The molecule has 0 saturated heterocycles. The Morgan fingerprint density at radius 3 is 2.50 bits per heavy atom. The molecule has 22 heavy (non-hydrogen) atoms. The highest BCUT2D eigenvalue weighted by Crippen LogP contribution is 2.36. The van der Waals surface area contributed by atoms with Crippen LogP contribution in [0.25, 0.3) is 10.9 Å². The number of pyridine rings is 1. The van der Waals surface area contributed by atoms with Crippen LogP contribution in [0.2, 0.25) is 0 Å². The van der Waals surface area contributed by atoms with Crippen molar-refractivity contribution in [2.24, 2.45) is 0 Å². The summed E-state index contributed by atoms with van der Waals surface area (Å²) in [5, 5.41) is 21.1. The third kappa shape index (κ3) is 3.83. The molecule has 0 spiro atoms. The van der Waals surface area contributed by atoms with Gasteiger partial charge in [0.05, 0.1) is 27.1 Å². The van der Waals surface area contributed by atoms with E-state index in [0.717, 1.165) is 26.6 Å². The van der Waals surface area contributed by atoms with Gasteiger partial charge < -0.3 is 5.11 Å². The first-order valence-electron chi connectivity index (χ1n) is 7.14. The maximum absolute atomic E-state index is 10.6. The van der Waals surface area contributed by atoms with Crippen LogP contribution in [-0.2, 0) is 0 Å². The number of aliphatic hydroxyl groups is 1. The Kier molecular flexibility index (Phi) is 6.32. The summed E-state index contributed by atoms with van der Waals surface area (Å²) in [6.07, 6.45) is -0.984. The topological polar surface area (TPSA) is 56.9 Å². The van der Waals surface area contributed by atoms with Gasteiger partial charge in [-0.05, 0) is 23.6 Å². The summed E-state index contributed by atoms with van der Waals surface area (Å²) in [5.41, 5.74) is 1.73. The number of rotatable bonds is 6. The van der Waals surface area contributed by atoms with Crippen LogP contribution >= 0.6 is 23.5 Å². The zero-order valence-corrected chi connectivity index (χ0v) is 14.2. The molecule has 0 bridgehead atoms. The van der Waals surface area contributed by atoms with Gasteiger partial charge in [-0.15, -0.1) is 23.5 Å². The van der Waals surface area contributed by atoms with E-state index in [1.165, 1.54) is 0 Å². The minimum Gasteiger partial charge on any atom is -0.381 e. The summed E-state index contributed by atoms with van der Waals surface area (Å²) in [7, 11) is 0. The Labute approximate surface area is 139 Å². The van der Waals surface area contributed by atoms with Gasteiger partial charge in [0.25, 0.3) is 0 Å². The second kappa shape index (κ2) is 8.23. The lowest BCUT2D eigenvalue weighted by Gasteiger charge is -2.14. The Morgan fingerprint density at radius 1 is 1.18 bits per heavy atom. The number of hydrogen-bond donors (Lipinski definition) is 1. The molecule has 1 unspecified atom stereocenters. The van der Waals surface area contributed by atoms with E-state index in [9.17, 15) is 10.4 Å². The van der Waals surface area contributed by atoms with Crippen LogP contribution < -0.4 is 0 Å². The van der Waals surface area contributed by atoms with Gasteiger partial charge in [0.1, 0.15) is 6.10 Å². The molecule has 1 aromatic carbocycles. The number of aliphatic hydroxyl groups excluding tert-OH is 1. The summed E-state index contributed by atoms with van der Waals surface area (Å²) >= 11 is 3.19. The highest BCUT2D eigenvalue weighted by molar-refractivity contribution is 8.22. The first kappa shape index (κ1) is 16.9. The van der Waals surface area contributed by atoms with Crippen LogP contribution in [0.3, 0.4) is 0 Å². The molecule has 0 fully saturated rings. The maximum atomic E-state index is 10.6. The van der Waals surface area contributed by atoms with Crippen molar-refractivity contribution in [2.45, 2.75) is 20.0 Å². The van der Waals surface area contributed by atoms with Crippen molar-refractivity contribution in [3.8, 4) is 6.07 Å². The van der Waals surface area contributed by atoms with Crippen molar-refractivity contribution in [3.05, 3.63) is 51.9 Å². The third-order valence-electron chi connectivity index (χ3n) is 3.06. The summed E-state index contributed by atoms with van der Waals surface area (Å²) < 4.78 is 0.884. The Hall–Kier alpha value is -1.48.